The molecule has 0 bridgehead atoms. The van der Waals surface area contributed by atoms with E-state index in [1.54, 1.807) is 0 Å². The van der Waals surface area contributed by atoms with E-state index >= 15 is 0 Å². The minimum atomic E-state index is 0.741. The smallest absolute Gasteiger partial charge is 0.0101 e. The van der Waals surface area contributed by atoms with E-state index in [4.69, 9.17) is 0 Å². The van der Waals surface area contributed by atoms with Gasteiger partial charge in [-0.05, 0) is 51.3 Å². The fourth-order valence-corrected chi connectivity index (χ4v) is 2.85. The van der Waals surface area contributed by atoms with Gasteiger partial charge >= 0.3 is 0 Å². The molecule has 0 spiro atoms. The lowest BCUT2D eigenvalue weighted by atomic mass is 9.82. The summed E-state index contributed by atoms with van der Waals surface area (Å²) < 4.78 is 0. The van der Waals surface area contributed by atoms with Crippen molar-refractivity contribution in [2.45, 2.75) is 37.6 Å². The summed E-state index contributed by atoms with van der Waals surface area (Å²) in [6.07, 6.45) is 5.33. The van der Waals surface area contributed by atoms with Crippen molar-refractivity contribution >= 4 is 0 Å². The monoisotopic (exact) mass is 246 g/mol. The number of rotatable bonds is 5. The van der Waals surface area contributed by atoms with Crippen molar-refractivity contribution in [2.24, 2.45) is 0 Å². The van der Waals surface area contributed by atoms with E-state index in [2.05, 4.69) is 54.6 Å². The molecular weight excluding hydrogens is 220 g/mol. The fraction of sp³-hybridized carbons (Fsp3) is 0.625. The predicted octanol–water partition coefficient (Wildman–Crippen LogP) is 2.86. The van der Waals surface area contributed by atoms with Crippen LogP contribution in [0, 0.1) is 0 Å². The predicted molar refractivity (Wildman–Crippen MR) is 78.0 cm³/mol. The Hall–Kier alpha value is -0.860. The van der Waals surface area contributed by atoms with Crippen LogP contribution in [0.5, 0.6) is 0 Å². The quantitative estimate of drug-likeness (QED) is 0.859. The average Bonchev–Trinajstić information content (AvgIpc) is 2.40. The first-order chi connectivity index (χ1) is 8.75. The van der Waals surface area contributed by atoms with Gasteiger partial charge in [0.25, 0.3) is 0 Å². The molecule has 100 valence electrons. The first kappa shape index (κ1) is 13.6. The van der Waals surface area contributed by atoms with Gasteiger partial charge in [-0.2, -0.15) is 0 Å². The summed E-state index contributed by atoms with van der Waals surface area (Å²) in [4.78, 5) is 2.24. The number of nitrogens with one attached hydrogen (secondary N) is 1. The molecule has 1 saturated carbocycles. The van der Waals surface area contributed by atoms with Crippen molar-refractivity contribution < 1.29 is 0 Å². The van der Waals surface area contributed by atoms with E-state index in [-0.39, 0.29) is 0 Å². The lowest BCUT2D eigenvalue weighted by molar-refractivity contribution is 0.321. The summed E-state index contributed by atoms with van der Waals surface area (Å²) in [6.45, 7) is 2.26. The standard InChI is InChI=1S/C16H26N2/c1-18(2)13-12-17-16-10-8-15(9-11-16)14-6-4-3-5-7-14/h3-7,15-17H,8-13H2,1-2H3. The van der Waals surface area contributed by atoms with Gasteiger partial charge in [0.1, 0.15) is 0 Å². The average molecular weight is 246 g/mol. The highest BCUT2D eigenvalue weighted by Crippen LogP contribution is 2.32. The fourth-order valence-electron chi connectivity index (χ4n) is 2.85. The maximum absolute atomic E-state index is 3.68. The van der Waals surface area contributed by atoms with Crippen LogP contribution in [0.3, 0.4) is 0 Å². The van der Waals surface area contributed by atoms with E-state index in [1.807, 2.05) is 0 Å². The van der Waals surface area contributed by atoms with Crippen LogP contribution < -0.4 is 5.32 Å². The van der Waals surface area contributed by atoms with Gasteiger partial charge in [0.05, 0.1) is 0 Å². The SMILES string of the molecule is CN(C)CCNC1CCC(c2ccccc2)CC1. The molecule has 1 aliphatic carbocycles. The maximum atomic E-state index is 3.68. The Morgan fingerprint density at radius 3 is 2.33 bits per heavy atom. The molecule has 1 fully saturated rings. The normalized spacial score (nSPS) is 24.4. The van der Waals surface area contributed by atoms with Crippen LogP contribution in [-0.4, -0.2) is 38.1 Å². The molecule has 1 aromatic carbocycles. The second-order valence-corrected chi connectivity index (χ2v) is 5.72. The molecule has 0 aliphatic heterocycles. The molecule has 2 heteroatoms. The molecule has 2 nitrogen and oxygen atoms in total. The third-order valence-corrected chi connectivity index (χ3v) is 3.99. The number of hydrogen-bond acceptors (Lipinski definition) is 2. The Morgan fingerprint density at radius 1 is 1.06 bits per heavy atom. The molecule has 0 radical (unpaired) electrons. The summed E-state index contributed by atoms with van der Waals surface area (Å²) in [6, 6.07) is 11.7. The van der Waals surface area contributed by atoms with Gasteiger partial charge in [0.2, 0.25) is 0 Å². The second kappa shape index (κ2) is 6.91. The Morgan fingerprint density at radius 2 is 1.72 bits per heavy atom. The molecule has 2 rings (SSSR count). The molecule has 0 amide bonds. The molecule has 0 unspecified atom stereocenters. The summed E-state index contributed by atoms with van der Waals surface area (Å²) in [5, 5.41) is 3.68. The first-order valence-electron chi connectivity index (χ1n) is 7.19. The minimum Gasteiger partial charge on any atom is -0.313 e. The van der Waals surface area contributed by atoms with Crippen LogP contribution in [0.4, 0.5) is 0 Å². The van der Waals surface area contributed by atoms with Gasteiger partial charge in [-0.25, -0.2) is 0 Å². The number of nitrogens with zero attached hydrogens (tertiary/aromatic N) is 1. The molecular formula is C16H26N2. The number of likely N-dealkylation sites (N-methyl/N-ethyl adjacent to an activating group) is 1. The van der Waals surface area contributed by atoms with E-state index < -0.39 is 0 Å². The molecule has 1 N–H and O–H groups in total. The van der Waals surface area contributed by atoms with Gasteiger partial charge in [0, 0.05) is 19.1 Å². The highest BCUT2D eigenvalue weighted by molar-refractivity contribution is 5.20. The third-order valence-electron chi connectivity index (χ3n) is 3.99. The molecule has 0 heterocycles. The van der Waals surface area contributed by atoms with Crippen molar-refractivity contribution in [1.82, 2.24) is 10.2 Å². The van der Waals surface area contributed by atoms with Crippen LogP contribution >= 0.6 is 0 Å². The van der Waals surface area contributed by atoms with Gasteiger partial charge in [-0.15, -0.1) is 0 Å². The topological polar surface area (TPSA) is 15.3 Å². The van der Waals surface area contributed by atoms with E-state index in [9.17, 15) is 0 Å². The number of hydrogen-bond donors (Lipinski definition) is 1. The van der Waals surface area contributed by atoms with Crippen molar-refractivity contribution in [1.29, 1.82) is 0 Å². The van der Waals surface area contributed by atoms with Crippen molar-refractivity contribution in [3.05, 3.63) is 35.9 Å². The molecule has 18 heavy (non-hydrogen) atoms. The highest BCUT2D eigenvalue weighted by atomic mass is 15.1. The third kappa shape index (κ3) is 4.11. The maximum Gasteiger partial charge on any atom is 0.0101 e. The summed E-state index contributed by atoms with van der Waals surface area (Å²) in [5.41, 5.74) is 1.53. The first-order valence-corrected chi connectivity index (χ1v) is 7.19. The van der Waals surface area contributed by atoms with Crippen LogP contribution in [0.25, 0.3) is 0 Å². The van der Waals surface area contributed by atoms with Crippen molar-refractivity contribution in [3.8, 4) is 0 Å². The lowest BCUT2D eigenvalue weighted by Crippen LogP contribution is -2.37. The van der Waals surface area contributed by atoms with Crippen LogP contribution in [0.2, 0.25) is 0 Å². The zero-order valence-electron chi connectivity index (χ0n) is 11.7. The van der Waals surface area contributed by atoms with Gasteiger partial charge in [-0.1, -0.05) is 30.3 Å². The van der Waals surface area contributed by atoms with Crippen molar-refractivity contribution in [2.75, 3.05) is 27.2 Å². The largest absolute Gasteiger partial charge is 0.313 e. The summed E-state index contributed by atoms with van der Waals surface area (Å²) >= 11 is 0. The number of benzene rings is 1. The summed E-state index contributed by atoms with van der Waals surface area (Å²) in [7, 11) is 4.27. The zero-order chi connectivity index (χ0) is 12.8. The second-order valence-electron chi connectivity index (χ2n) is 5.72. The Labute approximate surface area is 111 Å². The molecule has 0 atom stereocenters. The molecule has 0 aromatic heterocycles. The van der Waals surface area contributed by atoms with Gasteiger partial charge < -0.3 is 10.2 Å². The van der Waals surface area contributed by atoms with Gasteiger partial charge in [0.15, 0.2) is 0 Å². The lowest BCUT2D eigenvalue weighted by Gasteiger charge is -2.29. The Balaban J connectivity index is 1.71. The van der Waals surface area contributed by atoms with Crippen LogP contribution in [0.1, 0.15) is 37.2 Å². The van der Waals surface area contributed by atoms with Gasteiger partial charge in [-0.3, -0.25) is 0 Å². The summed E-state index contributed by atoms with van der Waals surface area (Å²) in [5.74, 6) is 0.790. The Bertz CT molecular complexity index is 326. The highest BCUT2D eigenvalue weighted by Gasteiger charge is 2.21. The van der Waals surface area contributed by atoms with E-state index in [0.29, 0.717) is 0 Å². The van der Waals surface area contributed by atoms with E-state index in [0.717, 1.165) is 25.0 Å². The van der Waals surface area contributed by atoms with E-state index in [1.165, 1.54) is 31.2 Å². The molecule has 0 saturated heterocycles. The Kier molecular flexibility index (Phi) is 5.21. The minimum absolute atomic E-state index is 0.741. The van der Waals surface area contributed by atoms with Crippen LogP contribution in [0.15, 0.2) is 30.3 Å². The van der Waals surface area contributed by atoms with Crippen molar-refractivity contribution in [3.63, 3.8) is 0 Å². The zero-order valence-corrected chi connectivity index (χ0v) is 11.7. The molecule has 1 aromatic rings. The van der Waals surface area contributed by atoms with Crippen LogP contribution in [-0.2, 0) is 0 Å². The molecule has 1 aliphatic rings.